The van der Waals surface area contributed by atoms with Crippen molar-refractivity contribution < 1.29 is 17.9 Å². The molecular formula is C18H20F3N3O. The van der Waals surface area contributed by atoms with Crippen molar-refractivity contribution in [3.63, 3.8) is 0 Å². The monoisotopic (exact) mass is 351 g/mol. The third-order valence-corrected chi connectivity index (χ3v) is 3.24. The van der Waals surface area contributed by atoms with Gasteiger partial charge in [0.15, 0.2) is 5.96 Å². The summed E-state index contributed by atoms with van der Waals surface area (Å²) in [4.78, 5) is 4.03. The van der Waals surface area contributed by atoms with Gasteiger partial charge in [0, 0.05) is 24.7 Å². The average molecular weight is 351 g/mol. The van der Waals surface area contributed by atoms with Gasteiger partial charge in [-0.05, 0) is 37.1 Å². The van der Waals surface area contributed by atoms with Gasteiger partial charge in [-0.3, -0.25) is 4.99 Å². The summed E-state index contributed by atoms with van der Waals surface area (Å²) >= 11 is 0. The topological polar surface area (TPSA) is 59.6 Å². The van der Waals surface area contributed by atoms with Crippen molar-refractivity contribution in [2.45, 2.75) is 25.4 Å². The van der Waals surface area contributed by atoms with Gasteiger partial charge in [-0.25, -0.2) is 0 Å². The summed E-state index contributed by atoms with van der Waals surface area (Å²) in [7, 11) is 0. The number of aliphatic imine (C=N–C) groups is 1. The van der Waals surface area contributed by atoms with Crippen LogP contribution >= 0.6 is 0 Å². The van der Waals surface area contributed by atoms with Gasteiger partial charge in [0.25, 0.3) is 0 Å². The van der Waals surface area contributed by atoms with Crippen LogP contribution in [0.1, 0.15) is 19.3 Å². The van der Waals surface area contributed by atoms with Gasteiger partial charge in [0.1, 0.15) is 11.5 Å². The Balaban J connectivity index is 1.83. The standard InChI is InChI=1S/C18H20F3N3O/c19-18(20,21)11-4-5-12-23-17(22)24-14-7-6-10-16(13-14)25-15-8-2-1-3-9-15/h1-3,6-10,13H,4-5,11-12H2,(H3,22,23,24). The Kier molecular flexibility index (Phi) is 6.68. The van der Waals surface area contributed by atoms with Gasteiger partial charge in [0.05, 0.1) is 0 Å². The van der Waals surface area contributed by atoms with Crippen molar-refractivity contribution in [1.29, 1.82) is 0 Å². The molecule has 4 nitrogen and oxygen atoms in total. The number of rotatable bonds is 7. The van der Waals surface area contributed by atoms with E-state index >= 15 is 0 Å². The van der Waals surface area contributed by atoms with Crippen molar-refractivity contribution in [3.8, 4) is 11.5 Å². The Morgan fingerprint density at radius 1 is 1.00 bits per heavy atom. The molecule has 2 rings (SSSR count). The van der Waals surface area contributed by atoms with E-state index in [9.17, 15) is 13.2 Å². The highest BCUT2D eigenvalue weighted by atomic mass is 19.4. The number of nitrogens with two attached hydrogens (primary N) is 1. The van der Waals surface area contributed by atoms with Crippen LogP contribution in [0.15, 0.2) is 59.6 Å². The van der Waals surface area contributed by atoms with E-state index in [1.54, 1.807) is 18.2 Å². The van der Waals surface area contributed by atoms with Gasteiger partial charge in [-0.1, -0.05) is 24.3 Å². The largest absolute Gasteiger partial charge is 0.457 e. The number of benzene rings is 2. The molecule has 0 aromatic heterocycles. The van der Waals surface area contributed by atoms with Gasteiger partial charge >= 0.3 is 6.18 Å². The number of guanidine groups is 1. The number of ether oxygens (including phenoxy) is 1. The molecule has 25 heavy (non-hydrogen) atoms. The fraction of sp³-hybridized carbons (Fsp3) is 0.278. The van der Waals surface area contributed by atoms with Crippen LogP contribution in [-0.4, -0.2) is 18.7 Å². The second-order valence-electron chi connectivity index (χ2n) is 5.41. The molecule has 7 heteroatoms. The van der Waals surface area contributed by atoms with Crippen LogP contribution < -0.4 is 15.8 Å². The van der Waals surface area contributed by atoms with E-state index in [2.05, 4.69) is 10.3 Å². The number of halogens is 3. The summed E-state index contributed by atoms with van der Waals surface area (Å²) < 4.78 is 41.8. The molecule has 0 fully saturated rings. The molecule has 0 aliphatic rings. The molecule has 0 spiro atoms. The molecule has 0 bridgehead atoms. The first-order chi connectivity index (χ1) is 11.9. The molecule has 0 amide bonds. The van der Waals surface area contributed by atoms with Crippen molar-refractivity contribution in [1.82, 2.24) is 0 Å². The van der Waals surface area contributed by atoms with Crippen molar-refractivity contribution in [3.05, 3.63) is 54.6 Å². The molecule has 0 aliphatic heterocycles. The number of anilines is 1. The number of nitrogens with zero attached hydrogens (tertiary/aromatic N) is 1. The van der Waals surface area contributed by atoms with Gasteiger partial charge in [-0.15, -0.1) is 0 Å². The maximum absolute atomic E-state index is 12.0. The predicted octanol–water partition coefficient (Wildman–Crippen LogP) is 4.94. The number of nitrogens with one attached hydrogen (secondary N) is 1. The van der Waals surface area contributed by atoms with Crippen LogP contribution in [0.5, 0.6) is 11.5 Å². The summed E-state index contributed by atoms with van der Waals surface area (Å²) in [6.45, 7) is 0.245. The number of hydrogen-bond acceptors (Lipinski definition) is 2. The quantitative estimate of drug-likeness (QED) is 0.422. The minimum Gasteiger partial charge on any atom is -0.457 e. The minimum atomic E-state index is -4.12. The maximum Gasteiger partial charge on any atom is 0.389 e. The summed E-state index contributed by atoms with van der Waals surface area (Å²) in [5.41, 5.74) is 6.44. The van der Waals surface area contributed by atoms with Gasteiger partial charge in [0.2, 0.25) is 0 Å². The second-order valence-corrected chi connectivity index (χ2v) is 5.41. The minimum absolute atomic E-state index is 0.0423. The van der Waals surface area contributed by atoms with Crippen molar-refractivity contribution in [2.75, 3.05) is 11.9 Å². The van der Waals surface area contributed by atoms with E-state index < -0.39 is 12.6 Å². The molecule has 0 saturated heterocycles. The average Bonchev–Trinajstić information content (AvgIpc) is 2.55. The lowest BCUT2D eigenvalue weighted by atomic mass is 10.2. The molecule has 2 aromatic rings. The molecule has 0 unspecified atom stereocenters. The highest BCUT2D eigenvalue weighted by Gasteiger charge is 2.25. The third-order valence-electron chi connectivity index (χ3n) is 3.24. The molecule has 0 aliphatic carbocycles. The Bertz CT molecular complexity index is 687. The molecule has 0 radical (unpaired) electrons. The van der Waals surface area contributed by atoms with E-state index in [1.165, 1.54) is 0 Å². The van der Waals surface area contributed by atoms with Crippen molar-refractivity contribution in [2.24, 2.45) is 10.7 Å². The summed E-state index contributed by atoms with van der Waals surface area (Å²) in [5.74, 6) is 1.50. The van der Waals surface area contributed by atoms with Crippen LogP contribution in [0, 0.1) is 0 Å². The fourth-order valence-electron chi connectivity index (χ4n) is 2.09. The summed E-state index contributed by atoms with van der Waals surface area (Å²) in [6, 6.07) is 16.5. The Labute approximate surface area is 144 Å². The van der Waals surface area contributed by atoms with Crippen LogP contribution in [0.4, 0.5) is 18.9 Å². The van der Waals surface area contributed by atoms with Crippen molar-refractivity contribution >= 4 is 11.6 Å². The first-order valence-electron chi connectivity index (χ1n) is 7.89. The molecule has 2 aromatic carbocycles. The van der Waals surface area contributed by atoms with E-state index in [-0.39, 0.29) is 18.9 Å². The molecule has 134 valence electrons. The Morgan fingerprint density at radius 2 is 1.72 bits per heavy atom. The van der Waals surface area contributed by atoms with E-state index in [0.717, 1.165) is 0 Å². The first-order valence-corrected chi connectivity index (χ1v) is 7.89. The number of hydrogen-bond donors (Lipinski definition) is 2. The molecular weight excluding hydrogens is 331 g/mol. The van der Waals surface area contributed by atoms with E-state index in [1.807, 2.05) is 36.4 Å². The summed E-state index contributed by atoms with van der Waals surface area (Å²) in [6.07, 6.45) is -4.54. The normalized spacial score (nSPS) is 12.0. The predicted molar refractivity (Wildman–Crippen MR) is 93.0 cm³/mol. The van der Waals surface area contributed by atoms with Crippen LogP contribution in [-0.2, 0) is 0 Å². The lowest BCUT2D eigenvalue weighted by Gasteiger charge is -2.09. The number of alkyl halides is 3. The zero-order valence-electron chi connectivity index (χ0n) is 13.6. The Morgan fingerprint density at radius 3 is 2.44 bits per heavy atom. The zero-order chi connectivity index (χ0) is 18.1. The molecule has 0 heterocycles. The van der Waals surface area contributed by atoms with Crippen LogP contribution in [0.2, 0.25) is 0 Å². The van der Waals surface area contributed by atoms with Crippen LogP contribution in [0.3, 0.4) is 0 Å². The zero-order valence-corrected chi connectivity index (χ0v) is 13.6. The van der Waals surface area contributed by atoms with Gasteiger partial charge in [-0.2, -0.15) is 13.2 Å². The molecule has 0 saturated carbocycles. The smallest absolute Gasteiger partial charge is 0.389 e. The first kappa shape index (κ1) is 18.6. The maximum atomic E-state index is 12.0. The lowest BCUT2D eigenvalue weighted by molar-refractivity contribution is -0.135. The highest BCUT2D eigenvalue weighted by Crippen LogP contribution is 2.24. The second kappa shape index (κ2) is 8.96. The van der Waals surface area contributed by atoms with E-state index in [0.29, 0.717) is 23.6 Å². The summed E-state index contributed by atoms with van der Waals surface area (Å²) in [5, 5.41) is 2.90. The SMILES string of the molecule is NC(=NCCCCC(F)(F)F)Nc1cccc(Oc2ccccc2)c1. The number of unbranched alkanes of at least 4 members (excludes halogenated alkanes) is 1. The van der Waals surface area contributed by atoms with Gasteiger partial charge < -0.3 is 15.8 Å². The Hall–Kier alpha value is -2.70. The third kappa shape index (κ3) is 7.60. The lowest BCUT2D eigenvalue weighted by Crippen LogP contribution is -2.22. The van der Waals surface area contributed by atoms with E-state index in [4.69, 9.17) is 10.5 Å². The molecule has 0 atom stereocenters. The van der Waals surface area contributed by atoms with Crippen LogP contribution in [0.25, 0.3) is 0 Å². The number of para-hydroxylation sites is 1. The highest BCUT2D eigenvalue weighted by molar-refractivity contribution is 5.92. The molecule has 3 N–H and O–H groups in total. The fourth-order valence-corrected chi connectivity index (χ4v) is 2.09.